The Morgan fingerprint density at radius 3 is 1.07 bits per heavy atom. The van der Waals surface area contributed by atoms with Crippen LogP contribution in [0.25, 0.3) is 68.9 Å². The van der Waals surface area contributed by atoms with Crippen molar-refractivity contribution in [2.24, 2.45) is 118 Å². The Morgan fingerprint density at radius 1 is 0.389 bits per heavy atom. The van der Waals surface area contributed by atoms with Gasteiger partial charge in [-0.2, -0.15) is 18.4 Å². The third-order valence-corrected chi connectivity index (χ3v) is 32.8. The quantitative estimate of drug-likeness (QED) is 0.0431. The van der Waals surface area contributed by atoms with Crippen molar-refractivity contribution in [3.63, 3.8) is 0 Å². The maximum atomic E-state index is 13.1. The summed E-state index contributed by atoms with van der Waals surface area (Å²) in [7, 11) is 0. The predicted octanol–water partition coefficient (Wildman–Crippen LogP) is 21.6. The van der Waals surface area contributed by atoms with Crippen LogP contribution in [-0.2, 0) is 63.3 Å². The molecule has 3 aromatic carbocycles. The van der Waals surface area contributed by atoms with Crippen molar-refractivity contribution < 1.29 is 84.7 Å². The van der Waals surface area contributed by atoms with Gasteiger partial charge in [0.05, 0.1) is 89.2 Å². The lowest BCUT2D eigenvalue weighted by Gasteiger charge is -2.47. The summed E-state index contributed by atoms with van der Waals surface area (Å²) >= 11 is 0. The number of nitrogens with one attached hydrogen (secondary N) is 4. The minimum atomic E-state index is -4.40. The zero-order valence-corrected chi connectivity index (χ0v) is 82.9. The number of aromatic nitrogens is 5. The first-order valence-electron chi connectivity index (χ1n) is 51.7. The summed E-state index contributed by atoms with van der Waals surface area (Å²) in [5.41, 5.74) is 10.3. The second-order valence-electron chi connectivity index (χ2n) is 41.2. The molecule has 4 N–H and O–H groups in total. The summed E-state index contributed by atoms with van der Waals surface area (Å²) in [4.78, 5) is 121. The van der Waals surface area contributed by atoms with Crippen LogP contribution >= 0.6 is 0 Å². The van der Waals surface area contributed by atoms with Crippen LogP contribution in [-0.4, -0.2) is 141 Å². The molecule has 25 nitrogen and oxygen atoms in total. The molecule has 144 heavy (non-hydrogen) atoms. The monoisotopic (exact) mass is 1960 g/mol. The van der Waals surface area contributed by atoms with E-state index in [2.05, 4.69) is 119 Å². The summed E-state index contributed by atoms with van der Waals surface area (Å²) in [5.74, 6) is 3.84. The molecule has 8 aliphatic carbocycles. The van der Waals surface area contributed by atoms with Crippen LogP contribution < -0.4 is 21.3 Å². The van der Waals surface area contributed by atoms with Gasteiger partial charge in [-0.3, -0.25) is 48.9 Å². The Labute approximate surface area is 840 Å². The number of fused-ring (bicyclic) bond motifs is 8. The Hall–Kier alpha value is -13.2. The molecular weight excluding hydrogens is 1830 g/mol. The SMILES string of the molecule is CC(=O)N[C@@H]1CC[C@@H]2[C@@H](C1)C[C@H]1C(=O)O[C@H](C)[C@H]1[C@H]2/C=C/c1ccc(-c2cccc(C(F)(F)F)c2)cn1.CCOC(=O)N[C@@H]1CC[C@@H]2[C@@H](C1)C[C@H]1C(=O)O[C@H](C)[C@H]1[C@H]2/C=C/c1ccc(-c2ccccc2)cn1.CCOC(=O)N[C@@H]1CC[C@@H]2[C@@H](C1)C[C@H]1C(=O)O[C@H](C)[C@H]1[C@H]2/C=C/c1ccc(-c2ccccc2C#N)cn1.CCOC(=O)N[C@@H]1CC[C@@H]2[C@@H](C1)C[C@H]1C(=O)O[C@H](C)[C@H]1[C@H]2/C=C/c1ccc(-c2ccccn2)cn1. The number of ether oxygens (including phenoxy) is 7. The van der Waals surface area contributed by atoms with Crippen LogP contribution in [0.4, 0.5) is 27.6 Å². The highest BCUT2D eigenvalue weighted by atomic mass is 19.4. The molecule has 4 saturated heterocycles. The highest BCUT2D eigenvalue weighted by Crippen LogP contribution is 2.59. The van der Waals surface area contributed by atoms with Gasteiger partial charge < -0.3 is 54.4 Å². The van der Waals surface area contributed by atoms with Gasteiger partial charge >= 0.3 is 48.3 Å². The number of amides is 4. The van der Waals surface area contributed by atoms with E-state index in [1.165, 1.54) is 13.0 Å². The van der Waals surface area contributed by atoms with Crippen molar-refractivity contribution in [2.75, 3.05) is 19.8 Å². The molecule has 0 bridgehead atoms. The van der Waals surface area contributed by atoms with Gasteiger partial charge in [0.25, 0.3) is 0 Å². The van der Waals surface area contributed by atoms with Crippen molar-refractivity contribution in [1.29, 1.82) is 5.26 Å². The molecule has 0 unspecified atom stereocenters. The average Bonchev–Trinajstić information content (AvgIpc) is 1.60. The molecule has 4 amide bonds. The largest absolute Gasteiger partial charge is 0.462 e. The number of carbonyl (C=O) groups excluding carboxylic acids is 8. The standard InChI is InChI=1S/C30H33N3O4.C29H31F3N2O3.C29H34N2O4.C28H33N3O4/c1-3-36-30(35)33-23-11-12-25-21(14-23)15-27-28(18(2)37-29(27)34)26(25)13-10-22-9-8-20(17-32-22)24-7-5-4-6-19(24)16-31;1-16-27-25(24-10-9-23(34-17(2)35)13-20(24)14-26(27)28(36)37-16)11-8-22-7-6-19(15-33-22)18-4-3-5-21(12-18)29(30,31)32;1-3-34-29(33)31-23-12-13-24-21(15-23)16-26-27(18(2)35-28(26)32)25(24)14-11-22-10-9-20(17-30-22)19-7-5-4-6-8-19;1-3-34-28(33)31-21-10-11-22-19(14-21)15-24-26(17(2)35-27(24)32)23(22)12-9-20-8-7-18(16-30-20)25-6-4-5-13-29-25/h4-10,13,17-18,21,23,25-28H,3,11-12,14-15H2,1-2H3,(H,33,35);3-8,11-12,15-16,20,23-27H,9-10,13-14H2,1-2H3,(H,34,35);4-11,14,17-18,21,23-27H,3,12-13,15-16H2,1-2H3,(H,31,33);4-9,12-13,16-17,19,21-24,26H,3,10-11,14-15H2,1-2H3,(H,31,33)/b13-10+;11-8+;14-11+;12-9+/t18-,21+,23-,25-,26+,27-,28+;16-,20+,23-,24-,25+,26-,27+;18-,21+,23-,24-,25+,26-,27+;17-,19+,21-,22-,23+,24-,26+/m1111/s1. The summed E-state index contributed by atoms with van der Waals surface area (Å²) in [6, 6.07) is 47.2. The van der Waals surface area contributed by atoms with E-state index in [1.807, 2.05) is 145 Å². The number of pyridine rings is 5. The molecule has 20 rings (SSSR count). The number of rotatable bonds is 19. The Bertz CT molecular complexity index is 5830. The predicted molar refractivity (Wildman–Crippen MR) is 538 cm³/mol. The number of hydrogen-bond donors (Lipinski definition) is 4. The summed E-state index contributed by atoms with van der Waals surface area (Å²) in [6.07, 6.45) is 34.6. The summed E-state index contributed by atoms with van der Waals surface area (Å²) < 4.78 is 77.3. The zero-order chi connectivity index (χ0) is 101. The molecule has 756 valence electrons. The molecule has 12 fully saturated rings. The number of nitrogens with zero attached hydrogens (tertiary/aromatic N) is 6. The number of halogens is 3. The molecule has 8 aromatic rings. The Morgan fingerprint density at radius 2 is 0.729 bits per heavy atom. The summed E-state index contributed by atoms with van der Waals surface area (Å²) in [6.45, 7) is 16.1. The number of nitriles is 1. The number of alkyl carbamates (subject to hydrolysis) is 3. The zero-order valence-electron chi connectivity index (χ0n) is 82.9. The Kier molecular flexibility index (Phi) is 32.8. The van der Waals surface area contributed by atoms with Crippen LogP contribution in [0.3, 0.4) is 0 Å². The first-order chi connectivity index (χ1) is 69.6. The van der Waals surface area contributed by atoms with Gasteiger partial charge in [-0.05, 0) is 318 Å². The minimum Gasteiger partial charge on any atom is -0.462 e. The Balaban J connectivity index is 0.000000132. The fourth-order valence-electron chi connectivity index (χ4n) is 26.7. The van der Waals surface area contributed by atoms with E-state index in [1.54, 1.807) is 43.7 Å². The number of cyclic esters (lactones) is 4. The van der Waals surface area contributed by atoms with E-state index in [0.717, 1.165) is 165 Å². The number of hydrogen-bond acceptors (Lipinski definition) is 21. The van der Waals surface area contributed by atoms with Crippen molar-refractivity contribution in [2.45, 2.75) is 213 Å². The smallest absolute Gasteiger partial charge is 0.416 e. The number of alkyl halides is 3. The molecule has 8 saturated carbocycles. The van der Waals surface area contributed by atoms with Gasteiger partial charge in [-0.15, -0.1) is 0 Å². The molecule has 12 aliphatic rings. The highest BCUT2D eigenvalue weighted by molar-refractivity contribution is 5.79. The van der Waals surface area contributed by atoms with Crippen LogP contribution in [0.15, 0.2) is 201 Å². The number of benzene rings is 3. The second kappa shape index (κ2) is 46.2. The molecule has 5 aromatic heterocycles. The third kappa shape index (κ3) is 23.9. The average molecular weight is 1960 g/mol. The van der Waals surface area contributed by atoms with E-state index < -0.39 is 11.7 Å². The van der Waals surface area contributed by atoms with Crippen LogP contribution in [0.1, 0.15) is 192 Å². The topological polar surface area (TPSA) is 338 Å². The van der Waals surface area contributed by atoms with Crippen LogP contribution in [0.5, 0.6) is 0 Å². The van der Waals surface area contributed by atoms with E-state index >= 15 is 0 Å². The molecule has 28 atom stereocenters. The second-order valence-corrected chi connectivity index (χ2v) is 41.2. The van der Waals surface area contributed by atoms with Crippen molar-refractivity contribution in [3.8, 4) is 50.7 Å². The van der Waals surface area contributed by atoms with Crippen molar-refractivity contribution in [3.05, 3.63) is 235 Å². The lowest BCUT2D eigenvalue weighted by molar-refractivity contribution is -0.145. The van der Waals surface area contributed by atoms with Crippen LogP contribution in [0, 0.1) is 130 Å². The third-order valence-electron chi connectivity index (χ3n) is 32.8. The molecule has 9 heterocycles. The van der Waals surface area contributed by atoms with E-state index in [9.17, 15) is 56.8 Å². The fraction of sp³-hybridized carbons (Fsp3) is 0.483. The molecule has 0 radical (unpaired) electrons. The molecule has 28 heteroatoms. The lowest BCUT2D eigenvalue weighted by Crippen LogP contribution is -2.48. The van der Waals surface area contributed by atoms with Crippen molar-refractivity contribution >= 4 is 72.4 Å². The van der Waals surface area contributed by atoms with Gasteiger partial charge in [-0.25, -0.2) is 14.4 Å². The van der Waals surface area contributed by atoms with Gasteiger partial charge in [0.2, 0.25) is 5.91 Å². The fourth-order valence-corrected chi connectivity index (χ4v) is 26.7. The normalized spacial score (nSPS) is 31.5. The number of carbonyl (C=O) groups is 8. The van der Waals surface area contributed by atoms with E-state index in [0.29, 0.717) is 89.5 Å². The van der Waals surface area contributed by atoms with Crippen molar-refractivity contribution in [1.82, 2.24) is 46.2 Å². The lowest BCUT2D eigenvalue weighted by atomic mass is 9.57. The van der Waals surface area contributed by atoms with E-state index in [-0.39, 0.29) is 168 Å². The van der Waals surface area contributed by atoms with E-state index in [4.69, 9.17) is 33.2 Å². The van der Waals surface area contributed by atoms with Gasteiger partial charge in [0.15, 0.2) is 0 Å². The molecular formula is C116H131F3N10O15. The first-order valence-corrected chi connectivity index (χ1v) is 51.7. The summed E-state index contributed by atoms with van der Waals surface area (Å²) in [5, 5.41) is 21.5. The van der Waals surface area contributed by atoms with Gasteiger partial charge in [0, 0.05) is 114 Å². The maximum Gasteiger partial charge on any atom is 0.416 e. The molecule has 4 aliphatic heterocycles. The highest BCUT2D eigenvalue weighted by Gasteiger charge is 2.60. The van der Waals surface area contributed by atoms with Gasteiger partial charge in [-0.1, -0.05) is 109 Å². The first kappa shape index (κ1) is 102. The number of esters is 4. The number of allylic oxidation sites excluding steroid dienone is 4. The maximum absolute atomic E-state index is 13.1. The minimum absolute atomic E-state index is 0.0258. The molecule has 0 spiro atoms. The van der Waals surface area contributed by atoms with Crippen LogP contribution in [0.2, 0.25) is 0 Å². The van der Waals surface area contributed by atoms with Gasteiger partial charge in [0.1, 0.15) is 24.4 Å².